The summed E-state index contributed by atoms with van der Waals surface area (Å²) in [4.78, 5) is 0. The van der Waals surface area contributed by atoms with Crippen LogP contribution in [0.1, 0.15) is 26.2 Å². The highest BCUT2D eigenvalue weighted by Crippen LogP contribution is 2.16. The fraction of sp³-hybridized carbons (Fsp3) is 0.556. The maximum Gasteiger partial charge on any atom is 0.0522 e. The standard InChI is InChI=1S/C9H13Cl/c1-2-8-4-3-5-9(10)7-6-8/h4,6-7,9H,2-3,5H2,1H3. The Morgan fingerprint density at radius 3 is 3.20 bits per heavy atom. The van der Waals surface area contributed by atoms with E-state index in [1.165, 1.54) is 5.57 Å². The van der Waals surface area contributed by atoms with Crippen molar-refractivity contribution in [3.8, 4) is 0 Å². The predicted molar refractivity (Wildman–Crippen MR) is 46.4 cm³/mol. The van der Waals surface area contributed by atoms with Crippen molar-refractivity contribution in [3.05, 3.63) is 23.8 Å². The molecule has 56 valence electrons. The van der Waals surface area contributed by atoms with E-state index in [1.54, 1.807) is 0 Å². The van der Waals surface area contributed by atoms with Crippen molar-refractivity contribution in [1.82, 2.24) is 0 Å². The summed E-state index contributed by atoms with van der Waals surface area (Å²) < 4.78 is 0. The third-order valence-corrected chi connectivity index (χ3v) is 2.14. The molecule has 1 rings (SSSR count). The van der Waals surface area contributed by atoms with Crippen LogP contribution in [-0.2, 0) is 0 Å². The Morgan fingerprint density at radius 1 is 1.70 bits per heavy atom. The van der Waals surface area contributed by atoms with Crippen LogP contribution < -0.4 is 0 Å². The number of hydrogen-bond donors (Lipinski definition) is 0. The van der Waals surface area contributed by atoms with E-state index in [0.29, 0.717) is 0 Å². The second-order valence-electron chi connectivity index (χ2n) is 2.59. The van der Waals surface area contributed by atoms with Gasteiger partial charge in [0.05, 0.1) is 5.38 Å². The zero-order chi connectivity index (χ0) is 7.40. The van der Waals surface area contributed by atoms with Crippen molar-refractivity contribution in [2.24, 2.45) is 0 Å². The molecule has 0 N–H and O–H groups in total. The Kier molecular flexibility index (Phi) is 3.01. The lowest BCUT2D eigenvalue weighted by Crippen LogP contribution is -1.88. The van der Waals surface area contributed by atoms with Gasteiger partial charge in [-0.25, -0.2) is 0 Å². The fourth-order valence-electron chi connectivity index (χ4n) is 1.08. The first kappa shape index (κ1) is 7.87. The molecule has 1 heteroatoms. The van der Waals surface area contributed by atoms with E-state index in [2.05, 4.69) is 25.2 Å². The van der Waals surface area contributed by atoms with E-state index < -0.39 is 0 Å². The molecule has 0 heterocycles. The van der Waals surface area contributed by atoms with Crippen LogP contribution >= 0.6 is 11.6 Å². The molecule has 0 amide bonds. The molecule has 0 bridgehead atoms. The van der Waals surface area contributed by atoms with Gasteiger partial charge in [0.1, 0.15) is 0 Å². The molecule has 10 heavy (non-hydrogen) atoms. The quantitative estimate of drug-likeness (QED) is 0.512. The highest BCUT2D eigenvalue weighted by Gasteiger charge is 2.01. The average Bonchev–Trinajstić information content (AvgIpc) is 2.14. The van der Waals surface area contributed by atoms with Gasteiger partial charge < -0.3 is 0 Å². The number of halogens is 1. The van der Waals surface area contributed by atoms with Crippen LogP contribution in [-0.4, -0.2) is 5.38 Å². The Labute approximate surface area is 67.6 Å². The first-order valence-electron chi connectivity index (χ1n) is 3.84. The molecule has 1 aliphatic carbocycles. The maximum atomic E-state index is 5.92. The summed E-state index contributed by atoms with van der Waals surface area (Å²) in [6.07, 6.45) is 9.85. The van der Waals surface area contributed by atoms with E-state index in [9.17, 15) is 0 Å². The smallest absolute Gasteiger partial charge is 0.0522 e. The molecule has 0 spiro atoms. The van der Waals surface area contributed by atoms with E-state index in [4.69, 9.17) is 11.6 Å². The molecule has 0 aromatic carbocycles. The molecule has 0 fully saturated rings. The topological polar surface area (TPSA) is 0 Å². The van der Waals surface area contributed by atoms with Gasteiger partial charge in [-0.15, -0.1) is 11.6 Å². The molecule has 0 nitrogen and oxygen atoms in total. The third-order valence-electron chi connectivity index (χ3n) is 1.78. The Morgan fingerprint density at radius 2 is 2.50 bits per heavy atom. The highest BCUT2D eigenvalue weighted by atomic mass is 35.5. The first-order chi connectivity index (χ1) is 4.83. The van der Waals surface area contributed by atoms with Gasteiger partial charge in [-0.05, 0) is 19.3 Å². The molecule has 1 aliphatic rings. The molecule has 1 atom stereocenters. The van der Waals surface area contributed by atoms with Crippen LogP contribution in [0.25, 0.3) is 0 Å². The SMILES string of the molecule is CCC1=CCCC(Cl)C=C1. The van der Waals surface area contributed by atoms with E-state index >= 15 is 0 Å². The predicted octanol–water partition coefficient (Wildman–Crippen LogP) is 3.28. The van der Waals surface area contributed by atoms with E-state index in [-0.39, 0.29) is 5.38 Å². The van der Waals surface area contributed by atoms with Crippen LogP contribution in [0, 0.1) is 0 Å². The zero-order valence-electron chi connectivity index (χ0n) is 6.31. The summed E-state index contributed by atoms with van der Waals surface area (Å²) in [5.74, 6) is 0. The molecule has 0 aromatic heterocycles. The average molecular weight is 157 g/mol. The minimum absolute atomic E-state index is 0.250. The number of allylic oxidation sites excluding steroid dienone is 4. The van der Waals surface area contributed by atoms with Crippen molar-refractivity contribution in [2.75, 3.05) is 0 Å². The fourth-order valence-corrected chi connectivity index (χ4v) is 1.28. The van der Waals surface area contributed by atoms with Crippen molar-refractivity contribution >= 4 is 11.6 Å². The molecule has 0 aromatic rings. The Balaban J connectivity index is 2.57. The van der Waals surface area contributed by atoms with Gasteiger partial charge in [-0.2, -0.15) is 0 Å². The molecule has 0 aliphatic heterocycles. The summed E-state index contributed by atoms with van der Waals surface area (Å²) in [5, 5.41) is 0.250. The molecule has 0 radical (unpaired) electrons. The summed E-state index contributed by atoms with van der Waals surface area (Å²) in [6, 6.07) is 0. The largest absolute Gasteiger partial charge is 0.118 e. The number of alkyl halides is 1. The minimum Gasteiger partial charge on any atom is -0.118 e. The lowest BCUT2D eigenvalue weighted by Gasteiger charge is -1.95. The van der Waals surface area contributed by atoms with Crippen LogP contribution in [0.15, 0.2) is 23.8 Å². The molecular weight excluding hydrogens is 144 g/mol. The van der Waals surface area contributed by atoms with Crippen LogP contribution in [0.5, 0.6) is 0 Å². The van der Waals surface area contributed by atoms with Crippen LogP contribution in [0.2, 0.25) is 0 Å². The van der Waals surface area contributed by atoms with Crippen molar-refractivity contribution in [1.29, 1.82) is 0 Å². The normalized spacial score (nSPS) is 25.8. The van der Waals surface area contributed by atoms with Gasteiger partial charge >= 0.3 is 0 Å². The van der Waals surface area contributed by atoms with Crippen molar-refractivity contribution in [3.63, 3.8) is 0 Å². The second-order valence-corrected chi connectivity index (χ2v) is 3.15. The van der Waals surface area contributed by atoms with Crippen molar-refractivity contribution in [2.45, 2.75) is 31.6 Å². The highest BCUT2D eigenvalue weighted by molar-refractivity contribution is 6.21. The zero-order valence-corrected chi connectivity index (χ0v) is 7.06. The Bertz CT molecular complexity index is 156. The lowest BCUT2D eigenvalue weighted by molar-refractivity contribution is 0.879. The second kappa shape index (κ2) is 3.82. The van der Waals surface area contributed by atoms with Crippen molar-refractivity contribution < 1.29 is 0 Å². The summed E-state index contributed by atoms with van der Waals surface area (Å²) in [7, 11) is 0. The van der Waals surface area contributed by atoms with Gasteiger partial charge in [0.25, 0.3) is 0 Å². The lowest BCUT2D eigenvalue weighted by atomic mass is 10.2. The number of rotatable bonds is 1. The summed E-state index contributed by atoms with van der Waals surface area (Å²) in [6.45, 7) is 2.17. The van der Waals surface area contributed by atoms with Gasteiger partial charge in [-0.1, -0.05) is 30.7 Å². The summed E-state index contributed by atoms with van der Waals surface area (Å²) >= 11 is 5.92. The third kappa shape index (κ3) is 2.18. The van der Waals surface area contributed by atoms with Gasteiger partial charge in [0.2, 0.25) is 0 Å². The van der Waals surface area contributed by atoms with Gasteiger partial charge in [-0.3, -0.25) is 0 Å². The van der Waals surface area contributed by atoms with Gasteiger partial charge in [0, 0.05) is 0 Å². The molecule has 1 unspecified atom stereocenters. The van der Waals surface area contributed by atoms with E-state index in [0.717, 1.165) is 19.3 Å². The molecule has 0 saturated heterocycles. The summed E-state index contributed by atoms with van der Waals surface area (Å²) in [5.41, 5.74) is 1.42. The maximum absolute atomic E-state index is 5.92. The van der Waals surface area contributed by atoms with Crippen LogP contribution in [0.3, 0.4) is 0 Å². The Hall–Kier alpha value is -0.230. The molecule has 0 saturated carbocycles. The number of hydrogen-bond acceptors (Lipinski definition) is 0. The van der Waals surface area contributed by atoms with Gasteiger partial charge in [0.15, 0.2) is 0 Å². The molecular formula is C9H13Cl. The van der Waals surface area contributed by atoms with Crippen LogP contribution in [0.4, 0.5) is 0 Å². The minimum atomic E-state index is 0.250. The van der Waals surface area contributed by atoms with E-state index in [1.807, 2.05) is 0 Å². The monoisotopic (exact) mass is 156 g/mol. The first-order valence-corrected chi connectivity index (χ1v) is 4.28.